The Labute approximate surface area is 89.8 Å². The fraction of sp³-hybridized carbons (Fsp3) is 1.00. The fourth-order valence-corrected chi connectivity index (χ4v) is 1.34. The average molecular weight is 223 g/mol. The van der Waals surface area contributed by atoms with E-state index < -0.39 is 24.4 Å². The van der Waals surface area contributed by atoms with Crippen LogP contribution in [0.1, 0.15) is 0 Å². The molecule has 0 aromatic carbocycles. The zero-order valence-corrected chi connectivity index (χ0v) is 9.38. The Bertz CT molecular complexity index is 157. The lowest BCUT2D eigenvalue weighted by molar-refractivity contribution is -0.131. The van der Waals surface area contributed by atoms with E-state index in [-0.39, 0.29) is 13.2 Å². The summed E-state index contributed by atoms with van der Waals surface area (Å²) < 4.78 is 9.66. The highest BCUT2D eigenvalue weighted by Gasteiger charge is 2.31. The number of aliphatic hydroxyl groups excluding tert-OH is 3. The maximum atomic E-state index is 9.68. The van der Waals surface area contributed by atoms with Crippen molar-refractivity contribution in [2.24, 2.45) is 0 Å². The maximum Gasteiger partial charge on any atom is 0.114 e. The molecule has 0 heterocycles. The molecule has 4 unspecified atom stereocenters. The molecule has 15 heavy (non-hydrogen) atoms. The second kappa shape index (κ2) is 7.98. The second-order valence-corrected chi connectivity index (χ2v) is 3.34. The molecule has 0 bridgehead atoms. The first kappa shape index (κ1) is 14.8. The monoisotopic (exact) mass is 223 g/mol. The standard InChI is InChI=1S/C9H21NO5/c1-10-4-6(11)8(13)9(15-3)7(12)5-14-2/h6-13H,4-5H2,1-3H3. The van der Waals surface area contributed by atoms with Crippen molar-refractivity contribution in [2.45, 2.75) is 24.4 Å². The molecule has 0 spiro atoms. The molecule has 0 aliphatic heterocycles. The zero-order chi connectivity index (χ0) is 11.8. The highest BCUT2D eigenvalue weighted by atomic mass is 16.5. The van der Waals surface area contributed by atoms with E-state index >= 15 is 0 Å². The molecule has 0 amide bonds. The molecule has 0 fully saturated rings. The van der Waals surface area contributed by atoms with Crippen LogP contribution < -0.4 is 5.32 Å². The van der Waals surface area contributed by atoms with E-state index in [1.165, 1.54) is 14.2 Å². The summed E-state index contributed by atoms with van der Waals surface area (Å²) in [6.45, 7) is 0.266. The number of hydrogen-bond donors (Lipinski definition) is 4. The molecule has 0 radical (unpaired) electrons. The minimum Gasteiger partial charge on any atom is -0.389 e. The third kappa shape index (κ3) is 4.87. The molecule has 0 saturated heterocycles. The topological polar surface area (TPSA) is 91.2 Å². The van der Waals surface area contributed by atoms with Gasteiger partial charge in [-0.15, -0.1) is 0 Å². The normalized spacial score (nSPS) is 19.6. The van der Waals surface area contributed by atoms with Gasteiger partial charge >= 0.3 is 0 Å². The number of hydrogen-bond acceptors (Lipinski definition) is 6. The van der Waals surface area contributed by atoms with E-state index in [0.717, 1.165) is 0 Å². The van der Waals surface area contributed by atoms with Crippen molar-refractivity contribution < 1.29 is 24.8 Å². The summed E-state index contributed by atoms with van der Waals surface area (Å²) in [5, 5.41) is 31.4. The minimum absolute atomic E-state index is 0.0435. The molecule has 0 rings (SSSR count). The van der Waals surface area contributed by atoms with Gasteiger partial charge in [-0.25, -0.2) is 0 Å². The number of aliphatic hydroxyl groups is 3. The number of likely N-dealkylation sites (N-methyl/N-ethyl adjacent to an activating group) is 1. The molecular weight excluding hydrogens is 202 g/mol. The first-order chi connectivity index (χ1) is 7.08. The Morgan fingerprint density at radius 1 is 1.13 bits per heavy atom. The second-order valence-electron chi connectivity index (χ2n) is 3.34. The predicted octanol–water partition coefficient (Wildman–Crippen LogP) is -2.05. The molecular formula is C9H21NO5. The van der Waals surface area contributed by atoms with Crippen LogP contribution in [-0.2, 0) is 9.47 Å². The van der Waals surface area contributed by atoms with Crippen molar-refractivity contribution in [2.75, 3.05) is 34.4 Å². The van der Waals surface area contributed by atoms with Crippen LogP contribution >= 0.6 is 0 Å². The first-order valence-electron chi connectivity index (χ1n) is 4.79. The Morgan fingerprint density at radius 3 is 2.13 bits per heavy atom. The van der Waals surface area contributed by atoms with Crippen LogP contribution in [0.5, 0.6) is 0 Å². The minimum atomic E-state index is -1.16. The van der Waals surface area contributed by atoms with E-state index in [2.05, 4.69) is 5.32 Å². The lowest BCUT2D eigenvalue weighted by atomic mass is 10.0. The van der Waals surface area contributed by atoms with Gasteiger partial charge in [0.15, 0.2) is 0 Å². The van der Waals surface area contributed by atoms with Crippen LogP contribution in [0.25, 0.3) is 0 Å². The van der Waals surface area contributed by atoms with Gasteiger partial charge in [0.1, 0.15) is 18.3 Å². The van der Waals surface area contributed by atoms with Crippen molar-refractivity contribution >= 4 is 0 Å². The van der Waals surface area contributed by atoms with Gasteiger partial charge < -0.3 is 30.1 Å². The van der Waals surface area contributed by atoms with Gasteiger partial charge in [-0.05, 0) is 7.05 Å². The summed E-state index contributed by atoms with van der Waals surface area (Å²) in [5.41, 5.74) is 0. The SMILES string of the molecule is CNCC(O)C(O)C(OC)C(O)COC. The van der Waals surface area contributed by atoms with Gasteiger partial charge in [-0.1, -0.05) is 0 Å². The van der Waals surface area contributed by atoms with E-state index in [1.807, 2.05) is 0 Å². The van der Waals surface area contributed by atoms with Gasteiger partial charge in [0.25, 0.3) is 0 Å². The van der Waals surface area contributed by atoms with Crippen molar-refractivity contribution in [3.8, 4) is 0 Å². The van der Waals surface area contributed by atoms with Gasteiger partial charge in [0.05, 0.1) is 12.7 Å². The molecule has 0 aliphatic carbocycles. The highest BCUT2D eigenvalue weighted by Crippen LogP contribution is 2.08. The number of ether oxygens (including phenoxy) is 2. The zero-order valence-electron chi connectivity index (χ0n) is 9.38. The number of nitrogens with one attached hydrogen (secondary N) is 1. The molecule has 4 N–H and O–H groups in total. The summed E-state index contributed by atoms with van der Waals surface area (Å²) in [6.07, 6.45) is -3.99. The van der Waals surface area contributed by atoms with Crippen molar-refractivity contribution in [1.82, 2.24) is 5.32 Å². The van der Waals surface area contributed by atoms with Crippen molar-refractivity contribution in [3.05, 3.63) is 0 Å². The van der Waals surface area contributed by atoms with Gasteiger partial charge in [-0.2, -0.15) is 0 Å². The van der Waals surface area contributed by atoms with E-state index in [9.17, 15) is 15.3 Å². The fourth-order valence-electron chi connectivity index (χ4n) is 1.34. The van der Waals surface area contributed by atoms with Crippen LogP contribution in [0.2, 0.25) is 0 Å². The molecule has 0 aliphatic rings. The third-order valence-corrected chi connectivity index (χ3v) is 2.13. The van der Waals surface area contributed by atoms with Crippen LogP contribution in [0, 0.1) is 0 Å². The summed E-state index contributed by atoms with van der Waals surface area (Å²) in [4.78, 5) is 0. The van der Waals surface area contributed by atoms with E-state index in [4.69, 9.17) is 9.47 Å². The summed E-state index contributed by atoms with van der Waals surface area (Å²) >= 11 is 0. The van der Waals surface area contributed by atoms with Crippen molar-refractivity contribution in [3.63, 3.8) is 0 Å². The summed E-state index contributed by atoms with van der Waals surface area (Å²) in [6, 6.07) is 0. The molecule has 0 aromatic rings. The average Bonchev–Trinajstić information content (AvgIpc) is 2.19. The van der Waals surface area contributed by atoms with Crippen LogP contribution in [0.4, 0.5) is 0 Å². The van der Waals surface area contributed by atoms with Gasteiger partial charge in [0.2, 0.25) is 0 Å². The Kier molecular flexibility index (Phi) is 7.85. The lowest BCUT2D eigenvalue weighted by Gasteiger charge is -2.28. The van der Waals surface area contributed by atoms with Crippen LogP contribution in [0.3, 0.4) is 0 Å². The predicted molar refractivity (Wildman–Crippen MR) is 54.6 cm³/mol. The molecule has 4 atom stereocenters. The third-order valence-electron chi connectivity index (χ3n) is 2.13. The largest absolute Gasteiger partial charge is 0.389 e. The van der Waals surface area contributed by atoms with Gasteiger partial charge in [0, 0.05) is 20.8 Å². The Morgan fingerprint density at radius 2 is 1.73 bits per heavy atom. The molecule has 0 saturated carbocycles. The number of methoxy groups -OCH3 is 2. The summed E-state index contributed by atoms with van der Waals surface area (Å²) in [5.74, 6) is 0. The first-order valence-corrected chi connectivity index (χ1v) is 4.79. The quantitative estimate of drug-likeness (QED) is 0.379. The van der Waals surface area contributed by atoms with Crippen LogP contribution in [-0.4, -0.2) is 74.2 Å². The number of rotatable bonds is 8. The van der Waals surface area contributed by atoms with Crippen LogP contribution in [0.15, 0.2) is 0 Å². The maximum absolute atomic E-state index is 9.68. The molecule has 6 nitrogen and oxygen atoms in total. The van der Waals surface area contributed by atoms with E-state index in [0.29, 0.717) is 0 Å². The Hall–Kier alpha value is -0.240. The lowest BCUT2D eigenvalue weighted by Crippen LogP contribution is -2.49. The highest BCUT2D eigenvalue weighted by molar-refractivity contribution is 4.82. The smallest absolute Gasteiger partial charge is 0.114 e. The Balaban J connectivity index is 4.24. The molecule has 0 aromatic heterocycles. The molecule has 92 valence electrons. The molecule has 6 heteroatoms. The van der Waals surface area contributed by atoms with Crippen molar-refractivity contribution in [1.29, 1.82) is 0 Å². The van der Waals surface area contributed by atoms with Gasteiger partial charge in [-0.3, -0.25) is 0 Å². The van der Waals surface area contributed by atoms with E-state index in [1.54, 1.807) is 7.05 Å². The summed E-state index contributed by atoms with van der Waals surface area (Å²) in [7, 11) is 4.45.